The number of hydrogen-bond acceptors (Lipinski definition) is 5. The number of aromatic nitrogens is 3. The first-order valence-corrected chi connectivity index (χ1v) is 5.80. The van der Waals surface area contributed by atoms with E-state index in [1.807, 2.05) is 24.7 Å². The van der Waals surface area contributed by atoms with E-state index in [1.54, 1.807) is 0 Å². The lowest BCUT2D eigenvalue weighted by molar-refractivity contribution is 0.730. The number of nitrogens with one attached hydrogen (secondary N) is 1. The van der Waals surface area contributed by atoms with Gasteiger partial charge in [0.2, 0.25) is 0 Å². The van der Waals surface area contributed by atoms with Gasteiger partial charge in [0.05, 0.1) is 5.69 Å². The van der Waals surface area contributed by atoms with Crippen molar-refractivity contribution in [1.29, 1.82) is 0 Å². The Morgan fingerprint density at radius 3 is 2.75 bits per heavy atom. The quantitative estimate of drug-likeness (QED) is 0.852. The number of anilines is 2. The van der Waals surface area contributed by atoms with Gasteiger partial charge in [-0.05, 0) is 25.4 Å². The van der Waals surface area contributed by atoms with Crippen LogP contribution in [0.5, 0.6) is 0 Å². The third-order valence-corrected chi connectivity index (χ3v) is 3.39. The highest BCUT2D eigenvalue weighted by molar-refractivity contribution is 7.10. The molecule has 2 aromatic rings. The molecule has 0 amide bonds. The molecular formula is C10H15N5S. The van der Waals surface area contributed by atoms with Crippen LogP contribution in [0.15, 0.2) is 6.07 Å². The van der Waals surface area contributed by atoms with Crippen molar-refractivity contribution in [2.24, 2.45) is 7.05 Å². The van der Waals surface area contributed by atoms with Crippen LogP contribution < -0.4 is 11.1 Å². The molecule has 0 fully saturated rings. The Hall–Kier alpha value is -1.56. The van der Waals surface area contributed by atoms with Gasteiger partial charge in [-0.1, -0.05) is 0 Å². The van der Waals surface area contributed by atoms with Gasteiger partial charge in [-0.15, -0.1) is 0 Å². The molecular weight excluding hydrogens is 222 g/mol. The molecule has 0 aromatic carbocycles. The molecule has 0 aliphatic rings. The molecule has 2 aromatic heterocycles. The van der Waals surface area contributed by atoms with E-state index >= 15 is 0 Å². The fraction of sp³-hybridized carbons (Fsp3) is 0.400. The summed E-state index contributed by atoms with van der Waals surface area (Å²) in [7, 11) is 1.95. The average Bonchev–Trinajstić information content (AvgIpc) is 2.72. The lowest BCUT2D eigenvalue weighted by atomic mass is 10.2. The average molecular weight is 237 g/mol. The van der Waals surface area contributed by atoms with Gasteiger partial charge in [-0.25, -0.2) is 0 Å². The Kier molecular flexibility index (Phi) is 2.82. The van der Waals surface area contributed by atoms with Gasteiger partial charge >= 0.3 is 0 Å². The van der Waals surface area contributed by atoms with Crippen LogP contribution in [0.3, 0.4) is 0 Å². The van der Waals surface area contributed by atoms with Gasteiger partial charge in [-0.3, -0.25) is 4.68 Å². The van der Waals surface area contributed by atoms with Crippen molar-refractivity contribution in [2.45, 2.75) is 20.4 Å². The van der Waals surface area contributed by atoms with Crippen LogP contribution in [0.4, 0.5) is 10.8 Å². The minimum atomic E-state index is 0.562. The summed E-state index contributed by atoms with van der Waals surface area (Å²) in [6.07, 6.45) is 0. The van der Waals surface area contributed by atoms with Crippen LogP contribution in [-0.2, 0) is 13.6 Å². The minimum Gasteiger partial charge on any atom is -0.383 e. The van der Waals surface area contributed by atoms with Gasteiger partial charge in [0.1, 0.15) is 10.8 Å². The summed E-state index contributed by atoms with van der Waals surface area (Å²) in [6, 6.07) is 1.84. The van der Waals surface area contributed by atoms with E-state index in [2.05, 4.69) is 21.7 Å². The maximum absolute atomic E-state index is 5.55. The maximum Gasteiger partial charge on any atom is 0.139 e. The first-order valence-electron chi connectivity index (χ1n) is 5.03. The normalized spacial score (nSPS) is 10.7. The minimum absolute atomic E-state index is 0.562. The second kappa shape index (κ2) is 4.13. The van der Waals surface area contributed by atoms with Crippen molar-refractivity contribution < 1.29 is 0 Å². The fourth-order valence-corrected chi connectivity index (χ4v) is 2.19. The zero-order valence-electron chi connectivity index (χ0n) is 9.61. The van der Waals surface area contributed by atoms with Crippen molar-refractivity contribution in [3.63, 3.8) is 0 Å². The smallest absolute Gasteiger partial charge is 0.139 e. The highest BCUT2D eigenvalue weighted by Crippen LogP contribution is 2.20. The van der Waals surface area contributed by atoms with E-state index in [-0.39, 0.29) is 0 Å². The topological polar surface area (TPSA) is 68.8 Å². The SMILES string of the molecule is Cc1nn(C)c(C)c1CNc1cc(N)ns1. The Balaban J connectivity index is 2.10. The zero-order chi connectivity index (χ0) is 11.7. The second-order valence-corrected chi connectivity index (χ2v) is 4.55. The van der Waals surface area contributed by atoms with Crippen LogP contribution >= 0.6 is 11.5 Å². The Bertz CT molecular complexity index is 499. The van der Waals surface area contributed by atoms with Crippen molar-refractivity contribution in [3.05, 3.63) is 23.0 Å². The zero-order valence-corrected chi connectivity index (χ0v) is 10.4. The molecule has 0 unspecified atom stereocenters. The van der Waals surface area contributed by atoms with E-state index in [4.69, 9.17) is 5.73 Å². The lowest BCUT2D eigenvalue weighted by Gasteiger charge is -2.03. The molecule has 0 saturated carbocycles. The molecule has 0 atom stereocenters. The molecule has 0 aliphatic heterocycles. The maximum atomic E-state index is 5.55. The molecule has 16 heavy (non-hydrogen) atoms. The molecule has 0 saturated heterocycles. The summed E-state index contributed by atoms with van der Waals surface area (Å²) >= 11 is 1.37. The summed E-state index contributed by atoms with van der Waals surface area (Å²) in [5, 5.41) is 8.65. The predicted octanol–water partition coefficient (Wildman–Crippen LogP) is 1.69. The molecule has 3 N–H and O–H groups in total. The summed E-state index contributed by atoms with van der Waals surface area (Å²) < 4.78 is 5.91. The number of nitrogens with two attached hydrogens (primary N) is 1. The van der Waals surface area contributed by atoms with Crippen molar-refractivity contribution in [1.82, 2.24) is 14.2 Å². The van der Waals surface area contributed by atoms with Gasteiger partial charge in [0, 0.05) is 30.9 Å². The number of rotatable bonds is 3. The Morgan fingerprint density at radius 1 is 1.50 bits per heavy atom. The largest absolute Gasteiger partial charge is 0.383 e. The first-order chi connectivity index (χ1) is 7.58. The molecule has 2 rings (SSSR count). The highest BCUT2D eigenvalue weighted by Gasteiger charge is 2.09. The highest BCUT2D eigenvalue weighted by atomic mass is 32.1. The molecule has 86 valence electrons. The van der Waals surface area contributed by atoms with Crippen LogP contribution in [0.1, 0.15) is 17.0 Å². The molecule has 6 heteroatoms. The van der Waals surface area contributed by atoms with E-state index in [9.17, 15) is 0 Å². The van der Waals surface area contributed by atoms with Crippen LogP contribution in [0.2, 0.25) is 0 Å². The number of nitrogens with zero attached hydrogens (tertiary/aromatic N) is 3. The van der Waals surface area contributed by atoms with Gasteiger partial charge in [0.25, 0.3) is 0 Å². The summed E-state index contributed by atoms with van der Waals surface area (Å²) in [4.78, 5) is 0. The molecule has 0 aliphatic carbocycles. The molecule has 0 spiro atoms. The number of aryl methyl sites for hydroxylation is 2. The van der Waals surface area contributed by atoms with Crippen molar-refractivity contribution in [2.75, 3.05) is 11.1 Å². The van der Waals surface area contributed by atoms with Crippen LogP contribution in [0, 0.1) is 13.8 Å². The van der Waals surface area contributed by atoms with E-state index in [0.29, 0.717) is 5.82 Å². The van der Waals surface area contributed by atoms with Gasteiger partial charge in [0.15, 0.2) is 0 Å². The molecule has 5 nitrogen and oxygen atoms in total. The summed E-state index contributed by atoms with van der Waals surface area (Å²) in [6.45, 7) is 4.84. The van der Waals surface area contributed by atoms with E-state index < -0.39 is 0 Å². The second-order valence-electron chi connectivity index (χ2n) is 3.74. The Morgan fingerprint density at radius 2 is 2.25 bits per heavy atom. The summed E-state index contributed by atoms with van der Waals surface area (Å²) in [5.74, 6) is 0.562. The number of hydrogen-bond donors (Lipinski definition) is 2. The van der Waals surface area contributed by atoms with E-state index in [1.165, 1.54) is 22.8 Å². The Labute approximate surface area is 98.4 Å². The predicted molar refractivity (Wildman–Crippen MR) is 66.5 cm³/mol. The van der Waals surface area contributed by atoms with E-state index in [0.717, 1.165) is 17.2 Å². The summed E-state index contributed by atoms with van der Waals surface area (Å²) in [5.41, 5.74) is 9.03. The van der Waals surface area contributed by atoms with Crippen LogP contribution in [0.25, 0.3) is 0 Å². The van der Waals surface area contributed by atoms with Gasteiger partial charge < -0.3 is 11.1 Å². The standard InChI is InChI=1S/C10H15N5S/c1-6-8(7(2)15(3)13-6)5-12-10-4-9(11)14-16-10/h4,12H,5H2,1-3H3,(H2,11,14). The fourth-order valence-electron chi connectivity index (χ4n) is 1.62. The van der Waals surface area contributed by atoms with Crippen molar-refractivity contribution >= 4 is 22.4 Å². The third-order valence-electron chi connectivity index (χ3n) is 2.63. The number of nitrogen functional groups attached to an aromatic ring is 1. The molecule has 2 heterocycles. The lowest BCUT2D eigenvalue weighted by Crippen LogP contribution is -2.01. The van der Waals surface area contributed by atoms with Crippen molar-refractivity contribution in [3.8, 4) is 0 Å². The third kappa shape index (κ3) is 2.01. The van der Waals surface area contributed by atoms with Gasteiger partial charge in [-0.2, -0.15) is 9.47 Å². The van der Waals surface area contributed by atoms with Crippen LogP contribution in [-0.4, -0.2) is 14.2 Å². The first kappa shape index (κ1) is 10.9. The monoisotopic (exact) mass is 237 g/mol. The molecule has 0 radical (unpaired) electrons. The molecule has 0 bridgehead atoms.